The summed E-state index contributed by atoms with van der Waals surface area (Å²) in [4.78, 5) is 26.9. The molecule has 18 heavy (non-hydrogen) atoms. The molecule has 1 rings (SSSR count). The molecule has 0 aromatic carbocycles. The molecule has 0 atom stereocenters. The maximum atomic E-state index is 11.8. The average Bonchev–Trinajstić information content (AvgIpc) is 2.29. The van der Waals surface area contributed by atoms with Gasteiger partial charge in [-0.05, 0) is 19.9 Å². The van der Waals surface area contributed by atoms with E-state index in [0.717, 1.165) is 5.69 Å². The van der Waals surface area contributed by atoms with E-state index in [1.165, 1.54) is 6.20 Å². The Labute approximate surface area is 106 Å². The van der Waals surface area contributed by atoms with Crippen molar-refractivity contribution in [1.82, 2.24) is 15.6 Å². The second-order valence-corrected chi connectivity index (χ2v) is 3.87. The first-order valence-electron chi connectivity index (χ1n) is 5.81. The van der Waals surface area contributed by atoms with Crippen molar-refractivity contribution >= 4 is 17.5 Å². The fourth-order valence-electron chi connectivity index (χ4n) is 1.44. The molecule has 1 aromatic heterocycles. The molecule has 6 heteroatoms. The summed E-state index contributed by atoms with van der Waals surface area (Å²) in [6.45, 7) is 4.50. The summed E-state index contributed by atoms with van der Waals surface area (Å²) in [6.07, 6.45) is 1.69. The van der Waals surface area contributed by atoms with Crippen LogP contribution in [-0.2, 0) is 4.79 Å². The van der Waals surface area contributed by atoms with Crippen LogP contribution in [0.15, 0.2) is 12.3 Å². The first kappa shape index (κ1) is 14.0. The number of nitrogens with zero attached hydrogens (tertiary/aromatic N) is 1. The molecular weight excluding hydrogens is 232 g/mol. The molecule has 0 aliphatic carbocycles. The van der Waals surface area contributed by atoms with Gasteiger partial charge < -0.3 is 16.4 Å². The standard InChI is InChI=1S/C12H18N4O2/c1-3-14-11(17)4-5-15-12(18)9-7-16-8(2)6-10(9)13/h6-7H,3-5H2,1-2H3,(H2,13,16)(H,14,17)(H,15,18). The van der Waals surface area contributed by atoms with E-state index in [1.54, 1.807) is 13.0 Å². The Morgan fingerprint density at radius 2 is 2.11 bits per heavy atom. The highest BCUT2D eigenvalue weighted by Gasteiger charge is 2.10. The lowest BCUT2D eigenvalue weighted by atomic mass is 10.2. The Morgan fingerprint density at radius 3 is 2.72 bits per heavy atom. The Bertz CT molecular complexity index is 446. The molecule has 2 amide bonds. The first-order valence-corrected chi connectivity index (χ1v) is 5.81. The zero-order valence-corrected chi connectivity index (χ0v) is 10.6. The van der Waals surface area contributed by atoms with Crippen LogP contribution in [0.5, 0.6) is 0 Å². The van der Waals surface area contributed by atoms with Gasteiger partial charge in [0.15, 0.2) is 0 Å². The Hall–Kier alpha value is -2.11. The number of pyridine rings is 1. The van der Waals surface area contributed by atoms with Crippen LogP contribution in [0.25, 0.3) is 0 Å². The van der Waals surface area contributed by atoms with E-state index in [9.17, 15) is 9.59 Å². The van der Waals surface area contributed by atoms with Gasteiger partial charge in [-0.3, -0.25) is 14.6 Å². The number of anilines is 1. The molecular formula is C12H18N4O2. The molecule has 0 aliphatic rings. The number of carbonyl (C=O) groups is 2. The maximum absolute atomic E-state index is 11.8. The zero-order chi connectivity index (χ0) is 13.5. The van der Waals surface area contributed by atoms with Gasteiger partial charge in [0.1, 0.15) is 0 Å². The Balaban J connectivity index is 2.48. The van der Waals surface area contributed by atoms with Crippen LogP contribution >= 0.6 is 0 Å². The predicted octanol–water partition coefficient (Wildman–Crippen LogP) is 0.228. The quantitative estimate of drug-likeness (QED) is 0.696. The lowest BCUT2D eigenvalue weighted by Crippen LogP contribution is -2.31. The molecule has 0 fully saturated rings. The third kappa shape index (κ3) is 4.04. The Morgan fingerprint density at radius 1 is 1.39 bits per heavy atom. The minimum absolute atomic E-state index is 0.0900. The summed E-state index contributed by atoms with van der Waals surface area (Å²) in [6, 6.07) is 1.64. The third-order valence-electron chi connectivity index (χ3n) is 2.33. The molecule has 0 saturated heterocycles. The lowest BCUT2D eigenvalue weighted by Gasteiger charge is -2.07. The monoisotopic (exact) mass is 250 g/mol. The van der Waals surface area contributed by atoms with E-state index in [-0.39, 0.29) is 24.8 Å². The molecule has 4 N–H and O–H groups in total. The van der Waals surface area contributed by atoms with Crippen LogP contribution in [0.4, 0.5) is 5.69 Å². The summed E-state index contributed by atoms with van der Waals surface area (Å²) >= 11 is 0. The van der Waals surface area contributed by atoms with Crippen molar-refractivity contribution in [3.63, 3.8) is 0 Å². The second kappa shape index (κ2) is 6.58. The van der Waals surface area contributed by atoms with E-state index in [0.29, 0.717) is 17.8 Å². The van der Waals surface area contributed by atoms with Crippen molar-refractivity contribution in [2.45, 2.75) is 20.3 Å². The van der Waals surface area contributed by atoms with Crippen molar-refractivity contribution < 1.29 is 9.59 Å². The van der Waals surface area contributed by atoms with Gasteiger partial charge in [-0.1, -0.05) is 0 Å². The van der Waals surface area contributed by atoms with Gasteiger partial charge in [0, 0.05) is 37.1 Å². The third-order valence-corrected chi connectivity index (χ3v) is 2.33. The molecule has 1 heterocycles. The summed E-state index contributed by atoms with van der Waals surface area (Å²) in [7, 11) is 0. The fraction of sp³-hybridized carbons (Fsp3) is 0.417. The van der Waals surface area contributed by atoms with Gasteiger partial charge in [0.05, 0.1) is 5.56 Å². The minimum atomic E-state index is -0.315. The van der Waals surface area contributed by atoms with E-state index >= 15 is 0 Å². The largest absolute Gasteiger partial charge is 0.398 e. The Kier molecular flexibility index (Phi) is 5.10. The molecule has 0 spiro atoms. The highest BCUT2D eigenvalue weighted by molar-refractivity contribution is 5.98. The highest BCUT2D eigenvalue weighted by Crippen LogP contribution is 2.10. The molecule has 0 radical (unpaired) electrons. The molecule has 0 bridgehead atoms. The normalized spacial score (nSPS) is 9.89. The number of rotatable bonds is 5. The van der Waals surface area contributed by atoms with Gasteiger partial charge in [-0.15, -0.1) is 0 Å². The second-order valence-electron chi connectivity index (χ2n) is 3.87. The summed E-state index contributed by atoms with van der Waals surface area (Å²) in [5.41, 5.74) is 7.19. The number of hydrogen-bond donors (Lipinski definition) is 3. The molecule has 0 aliphatic heterocycles. The van der Waals surface area contributed by atoms with E-state index in [2.05, 4.69) is 15.6 Å². The lowest BCUT2D eigenvalue weighted by molar-refractivity contribution is -0.120. The van der Waals surface area contributed by atoms with Gasteiger partial charge in [-0.25, -0.2) is 0 Å². The van der Waals surface area contributed by atoms with Crippen LogP contribution < -0.4 is 16.4 Å². The summed E-state index contributed by atoms with van der Waals surface area (Å²) in [5, 5.41) is 5.28. The topological polar surface area (TPSA) is 97.1 Å². The predicted molar refractivity (Wildman–Crippen MR) is 69.0 cm³/mol. The smallest absolute Gasteiger partial charge is 0.254 e. The van der Waals surface area contributed by atoms with Crippen molar-refractivity contribution in [2.24, 2.45) is 0 Å². The molecule has 1 aromatic rings. The van der Waals surface area contributed by atoms with Gasteiger partial charge in [-0.2, -0.15) is 0 Å². The number of hydrogen-bond acceptors (Lipinski definition) is 4. The van der Waals surface area contributed by atoms with Crippen LogP contribution in [0.1, 0.15) is 29.4 Å². The van der Waals surface area contributed by atoms with Crippen LogP contribution in [0.2, 0.25) is 0 Å². The van der Waals surface area contributed by atoms with Gasteiger partial charge >= 0.3 is 0 Å². The maximum Gasteiger partial charge on any atom is 0.254 e. The van der Waals surface area contributed by atoms with Gasteiger partial charge in [0.25, 0.3) is 5.91 Å². The van der Waals surface area contributed by atoms with Gasteiger partial charge in [0.2, 0.25) is 5.91 Å². The molecule has 0 saturated carbocycles. The van der Waals surface area contributed by atoms with Crippen molar-refractivity contribution in [1.29, 1.82) is 0 Å². The summed E-state index contributed by atoms with van der Waals surface area (Å²) in [5.74, 6) is -0.405. The van der Waals surface area contributed by atoms with Crippen molar-refractivity contribution in [3.8, 4) is 0 Å². The number of aryl methyl sites for hydroxylation is 1. The molecule has 6 nitrogen and oxygen atoms in total. The summed E-state index contributed by atoms with van der Waals surface area (Å²) < 4.78 is 0. The SMILES string of the molecule is CCNC(=O)CCNC(=O)c1cnc(C)cc1N. The molecule has 98 valence electrons. The van der Waals surface area contributed by atoms with Crippen LogP contribution in [0, 0.1) is 6.92 Å². The van der Waals surface area contributed by atoms with Crippen LogP contribution in [-0.4, -0.2) is 29.9 Å². The minimum Gasteiger partial charge on any atom is -0.398 e. The number of aromatic nitrogens is 1. The fourth-order valence-corrected chi connectivity index (χ4v) is 1.44. The van der Waals surface area contributed by atoms with E-state index < -0.39 is 0 Å². The number of nitrogens with two attached hydrogens (primary N) is 1. The zero-order valence-electron chi connectivity index (χ0n) is 10.6. The van der Waals surface area contributed by atoms with E-state index in [1.807, 2.05) is 6.92 Å². The first-order chi connectivity index (χ1) is 8.54. The number of carbonyl (C=O) groups excluding carboxylic acids is 2. The van der Waals surface area contributed by atoms with Crippen molar-refractivity contribution in [3.05, 3.63) is 23.5 Å². The number of amides is 2. The number of nitrogens with one attached hydrogen (secondary N) is 2. The van der Waals surface area contributed by atoms with E-state index in [4.69, 9.17) is 5.73 Å². The van der Waals surface area contributed by atoms with Crippen LogP contribution in [0.3, 0.4) is 0 Å². The molecule has 0 unspecified atom stereocenters. The van der Waals surface area contributed by atoms with Crippen molar-refractivity contribution in [2.75, 3.05) is 18.8 Å². The number of nitrogen functional groups attached to an aromatic ring is 1. The highest BCUT2D eigenvalue weighted by atomic mass is 16.2. The average molecular weight is 250 g/mol.